The summed E-state index contributed by atoms with van der Waals surface area (Å²) in [5.41, 5.74) is 0.915. The first-order valence-electron chi connectivity index (χ1n) is 6.92. The third-order valence-electron chi connectivity index (χ3n) is 3.41. The Bertz CT molecular complexity index is 603. The molecule has 1 aromatic carbocycles. The van der Waals surface area contributed by atoms with E-state index in [0.29, 0.717) is 16.3 Å². The van der Waals surface area contributed by atoms with Crippen LogP contribution in [0.5, 0.6) is 0 Å². The maximum Gasteiger partial charge on any atom is 0.307 e. The second-order valence-electron chi connectivity index (χ2n) is 4.89. The zero-order valence-electron chi connectivity index (χ0n) is 12.3. The fourth-order valence-electron chi connectivity index (χ4n) is 2.20. The molecule has 22 heavy (non-hydrogen) atoms. The molecule has 0 fully saturated rings. The summed E-state index contributed by atoms with van der Waals surface area (Å²) in [6.45, 7) is 3.89. The monoisotopic (exact) mass is 386 g/mol. The molecule has 1 aliphatic heterocycles. The van der Waals surface area contributed by atoms with Gasteiger partial charge in [0.25, 0.3) is 5.91 Å². The van der Waals surface area contributed by atoms with Crippen molar-refractivity contribution in [3.8, 4) is 0 Å². The minimum absolute atomic E-state index is 0.0133. The number of hydrogen-bond donors (Lipinski definition) is 0. The summed E-state index contributed by atoms with van der Waals surface area (Å²) in [7, 11) is 0. The molecule has 1 aromatic rings. The Kier molecular flexibility index (Phi) is 5.58. The van der Waals surface area contributed by atoms with Crippen molar-refractivity contribution in [2.75, 3.05) is 6.61 Å². The third-order valence-corrected chi connectivity index (χ3v) is 4.37. The normalized spacial score (nSPS) is 19.1. The van der Waals surface area contributed by atoms with Gasteiger partial charge in [-0.05, 0) is 47.5 Å². The van der Waals surface area contributed by atoms with Gasteiger partial charge < -0.3 is 4.74 Å². The summed E-state index contributed by atoms with van der Waals surface area (Å²) in [6.07, 6.45) is -0.0133. The van der Waals surface area contributed by atoms with Gasteiger partial charge in [-0.15, -0.1) is 0 Å². The van der Waals surface area contributed by atoms with E-state index in [-0.39, 0.29) is 18.4 Å². The van der Waals surface area contributed by atoms with E-state index in [1.807, 2.05) is 19.1 Å². The Hall–Kier alpha value is -1.40. The lowest BCUT2D eigenvalue weighted by atomic mass is 10.0. The summed E-state index contributed by atoms with van der Waals surface area (Å²) in [4.78, 5) is 24.1. The van der Waals surface area contributed by atoms with Crippen molar-refractivity contribution in [3.63, 3.8) is 0 Å². The Morgan fingerprint density at radius 1 is 1.45 bits per heavy atom. The van der Waals surface area contributed by atoms with E-state index < -0.39 is 11.9 Å². The molecule has 0 bridgehead atoms. The molecule has 0 aliphatic carbocycles. The number of amides is 1. The molecule has 2 unspecified atom stereocenters. The second-order valence-corrected chi connectivity index (χ2v) is 6.14. The Morgan fingerprint density at radius 3 is 2.68 bits per heavy atom. The van der Waals surface area contributed by atoms with E-state index in [1.165, 1.54) is 5.01 Å². The molecule has 0 saturated carbocycles. The van der Waals surface area contributed by atoms with E-state index in [0.717, 1.165) is 5.56 Å². The van der Waals surface area contributed by atoms with Crippen LogP contribution in [0.4, 0.5) is 0 Å². The molecule has 118 valence electrons. The van der Waals surface area contributed by atoms with Gasteiger partial charge >= 0.3 is 5.97 Å². The smallest absolute Gasteiger partial charge is 0.307 e. The molecule has 0 saturated heterocycles. The minimum Gasteiger partial charge on any atom is -0.466 e. The predicted octanol–water partition coefficient (Wildman–Crippen LogP) is 3.52. The molecule has 1 heterocycles. The van der Waals surface area contributed by atoms with Gasteiger partial charge in [0.15, 0.2) is 0 Å². The van der Waals surface area contributed by atoms with Gasteiger partial charge in [-0.25, -0.2) is 5.01 Å². The molecular weight excluding hydrogens is 372 g/mol. The van der Waals surface area contributed by atoms with Crippen LogP contribution in [0.3, 0.4) is 0 Å². The maximum absolute atomic E-state index is 12.5. The summed E-state index contributed by atoms with van der Waals surface area (Å²) < 4.78 is 5.34. The quantitative estimate of drug-likeness (QED) is 0.726. The zero-order chi connectivity index (χ0) is 16.3. The molecular formula is C15H16BrClN2O3. The molecule has 7 heteroatoms. The average molecular weight is 388 g/mol. The highest BCUT2D eigenvalue weighted by atomic mass is 79.9. The highest BCUT2D eigenvalue weighted by molar-refractivity contribution is 9.18. The van der Waals surface area contributed by atoms with Crippen LogP contribution in [0, 0.1) is 5.92 Å². The topological polar surface area (TPSA) is 59.0 Å². The van der Waals surface area contributed by atoms with Crippen LogP contribution >= 0.6 is 27.5 Å². The van der Waals surface area contributed by atoms with E-state index in [4.69, 9.17) is 16.3 Å². The fraction of sp³-hybridized carbons (Fsp3) is 0.400. The summed E-state index contributed by atoms with van der Waals surface area (Å²) in [6, 6.07) is 6.99. The zero-order valence-corrected chi connectivity index (χ0v) is 14.6. The van der Waals surface area contributed by atoms with Crippen molar-refractivity contribution in [1.29, 1.82) is 0 Å². The lowest BCUT2D eigenvalue weighted by molar-refractivity contribution is -0.146. The minimum atomic E-state index is -0.617. The van der Waals surface area contributed by atoms with E-state index in [2.05, 4.69) is 21.0 Å². The molecule has 0 spiro atoms. The Labute approximate surface area is 142 Å². The molecule has 2 atom stereocenters. The van der Waals surface area contributed by atoms with Crippen LogP contribution in [-0.4, -0.2) is 28.1 Å². The number of hydrogen-bond acceptors (Lipinski definition) is 4. The fourth-order valence-corrected chi connectivity index (χ4v) is 2.86. The first-order valence-corrected chi connectivity index (χ1v) is 8.09. The number of ether oxygens (including phenoxy) is 1. The highest BCUT2D eigenvalue weighted by Gasteiger charge is 2.39. The lowest BCUT2D eigenvalue weighted by Crippen LogP contribution is -2.30. The van der Waals surface area contributed by atoms with Crippen LogP contribution in [0.2, 0.25) is 5.02 Å². The van der Waals surface area contributed by atoms with E-state index in [1.54, 1.807) is 19.1 Å². The Balaban J connectivity index is 2.12. The van der Waals surface area contributed by atoms with E-state index >= 15 is 0 Å². The highest BCUT2D eigenvalue weighted by Crippen LogP contribution is 2.31. The summed E-state index contributed by atoms with van der Waals surface area (Å²) in [5.74, 6) is -1.25. The molecule has 1 aliphatic rings. The van der Waals surface area contributed by atoms with Gasteiger partial charge in [0, 0.05) is 5.02 Å². The van der Waals surface area contributed by atoms with Crippen LogP contribution in [0.25, 0.3) is 0 Å². The first-order chi connectivity index (χ1) is 10.4. The largest absolute Gasteiger partial charge is 0.466 e. The van der Waals surface area contributed by atoms with Crippen LogP contribution in [0.1, 0.15) is 31.9 Å². The lowest BCUT2D eigenvalue weighted by Gasteiger charge is -2.22. The van der Waals surface area contributed by atoms with E-state index in [9.17, 15) is 9.59 Å². The first kappa shape index (κ1) is 17.0. The van der Waals surface area contributed by atoms with Gasteiger partial charge in [-0.2, -0.15) is 5.10 Å². The van der Waals surface area contributed by atoms with Crippen LogP contribution < -0.4 is 0 Å². The van der Waals surface area contributed by atoms with Gasteiger partial charge in [0.05, 0.1) is 19.1 Å². The maximum atomic E-state index is 12.5. The van der Waals surface area contributed by atoms with Crippen molar-refractivity contribution in [3.05, 3.63) is 34.9 Å². The van der Waals surface area contributed by atoms with Crippen molar-refractivity contribution < 1.29 is 14.3 Å². The number of benzene rings is 1. The van der Waals surface area contributed by atoms with Crippen molar-refractivity contribution in [2.24, 2.45) is 11.0 Å². The van der Waals surface area contributed by atoms with Gasteiger partial charge in [-0.3, -0.25) is 9.59 Å². The number of carbonyl (C=O) groups is 2. The molecule has 0 N–H and O–H groups in total. The number of carbonyl (C=O) groups excluding carboxylic acids is 2. The van der Waals surface area contributed by atoms with Crippen molar-refractivity contribution >= 4 is 44.0 Å². The Morgan fingerprint density at radius 2 is 2.09 bits per heavy atom. The second kappa shape index (κ2) is 7.24. The van der Waals surface area contributed by atoms with Gasteiger partial charge in [-0.1, -0.05) is 23.7 Å². The molecule has 1 amide bonds. The van der Waals surface area contributed by atoms with Crippen LogP contribution in [0.15, 0.2) is 29.4 Å². The standard InChI is InChI=1S/C15H16BrClN2O3/c1-3-22-13(20)8-12-14(16)18-19(15(12)21)9(2)10-4-6-11(17)7-5-10/h4-7,9,12H,3,8H2,1-2H3. The number of hydrazone groups is 1. The number of rotatable bonds is 5. The predicted molar refractivity (Wildman–Crippen MR) is 87.8 cm³/mol. The molecule has 0 radical (unpaired) electrons. The van der Waals surface area contributed by atoms with Crippen LogP contribution in [-0.2, 0) is 14.3 Å². The van der Waals surface area contributed by atoms with Gasteiger partial charge in [0.1, 0.15) is 10.5 Å². The summed E-state index contributed by atoms with van der Waals surface area (Å²) in [5, 5.41) is 6.26. The van der Waals surface area contributed by atoms with Crippen molar-refractivity contribution in [2.45, 2.75) is 26.3 Å². The number of nitrogens with zero attached hydrogens (tertiary/aromatic N) is 2. The number of halogens is 2. The third kappa shape index (κ3) is 3.67. The number of esters is 1. The van der Waals surface area contributed by atoms with Crippen molar-refractivity contribution in [1.82, 2.24) is 5.01 Å². The summed E-state index contributed by atoms with van der Waals surface area (Å²) >= 11 is 9.15. The van der Waals surface area contributed by atoms with Gasteiger partial charge in [0.2, 0.25) is 0 Å². The SMILES string of the molecule is CCOC(=O)CC1C(=O)N(C(C)c2ccc(Cl)cc2)N=C1Br. The molecule has 5 nitrogen and oxygen atoms in total. The molecule has 0 aromatic heterocycles. The molecule has 2 rings (SSSR count). The average Bonchev–Trinajstić information content (AvgIpc) is 2.76.